The predicted molar refractivity (Wildman–Crippen MR) is 103 cm³/mol. The minimum atomic E-state index is -2.22. The van der Waals surface area contributed by atoms with E-state index in [0.29, 0.717) is 12.8 Å². The summed E-state index contributed by atoms with van der Waals surface area (Å²) in [5.41, 5.74) is 6.40. The van der Waals surface area contributed by atoms with Crippen LogP contribution in [0.5, 0.6) is 5.75 Å². The molecule has 0 aliphatic carbocycles. The predicted octanol–water partition coefficient (Wildman–Crippen LogP) is 4.74. The van der Waals surface area contributed by atoms with E-state index in [9.17, 15) is 9.35 Å². The van der Waals surface area contributed by atoms with Crippen molar-refractivity contribution in [2.75, 3.05) is 7.11 Å². The molecule has 0 spiro atoms. The van der Waals surface area contributed by atoms with Crippen molar-refractivity contribution in [3.05, 3.63) is 54.1 Å². The van der Waals surface area contributed by atoms with Gasteiger partial charge < -0.3 is 15.0 Å². The fourth-order valence-corrected chi connectivity index (χ4v) is 5.68. The van der Waals surface area contributed by atoms with E-state index in [2.05, 4.69) is 0 Å². The van der Waals surface area contributed by atoms with E-state index < -0.39 is 10.3 Å². The van der Waals surface area contributed by atoms with Crippen LogP contribution in [0.2, 0.25) is 0 Å². The zero-order valence-electron chi connectivity index (χ0n) is 15.1. The maximum Gasteiger partial charge on any atom is 0.217 e. The summed E-state index contributed by atoms with van der Waals surface area (Å²) >= 11 is 0. The Bertz CT molecular complexity index is 700. The van der Waals surface area contributed by atoms with Gasteiger partial charge in [-0.05, 0) is 56.2 Å². The van der Waals surface area contributed by atoms with Gasteiger partial charge in [-0.3, -0.25) is 4.79 Å². The third-order valence-electron chi connectivity index (χ3n) is 4.42. The first-order chi connectivity index (χ1) is 11.9. The summed E-state index contributed by atoms with van der Waals surface area (Å²) in [5.74, 6) is 0.460. The van der Waals surface area contributed by atoms with Gasteiger partial charge in [0.15, 0.2) is 0 Å². The van der Waals surface area contributed by atoms with Gasteiger partial charge in [-0.15, -0.1) is 0 Å². The molecule has 2 atom stereocenters. The van der Waals surface area contributed by atoms with E-state index in [-0.39, 0.29) is 11.2 Å². The fourth-order valence-electron chi connectivity index (χ4n) is 2.86. The molecule has 0 fully saturated rings. The third-order valence-corrected chi connectivity index (χ3v) is 7.80. The highest BCUT2D eigenvalue weighted by atomic mass is 32.3. The van der Waals surface area contributed by atoms with Crippen LogP contribution in [0.3, 0.4) is 0 Å². The van der Waals surface area contributed by atoms with Gasteiger partial charge in [0.1, 0.15) is 5.75 Å². The molecule has 0 radical (unpaired) electrons. The van der Waals surface area contributed by atoms with Crippen molar-refractivity contribution >= 4 is 16.2 Å². The molecular weight excluding hydrogens is 334 g/mol. The van der Waals surface area contributed by atoms with Crippen LogP contribution in [-0.4, -0.2) is 22.8 Å². The largest absolute Gasteiger partial charge is 0.497 e. The molecule has 2 aromatic rings. The van der Waals surface area contributed by atoms with Crippen LogP contribution in [-0.2, 0) is 4.79 Å². The molecule has 0 aliphatic rings. The quantitative estimate of drug-likeness (QED) is 0.713. The average Bonchev–Trinajstić information content (AvgIpc) is 2.61. The first-order valence-corrected chi connectivity index (χ1v) is 10.1. The molecule has 3 N–H and O–H groups in total. The highest BCUT2D eigenvalue weighted by Crippen LogP contribution is 2.63. The number of carbonyl (C=O) groups is 1. The summed E-state index contributed by atoms with van der Waals surface area (Å²) in [5, 5.41) is 0.00273. The molecule has 0 aromatic heterocycles. The Kier molecular flexibility index (Phi) is 6.51. The van der Waals surface area contributed by atoms with Crippen molar-refractivity contribution in [3.8, 4) is 5.75 Å². The number of primary amides is 1. The molecule has 136 valence electrons. The molecule has 0 saturated heterocycles. The number of rotatable bonds is 8. The van der Waals surface area contributed by atoms with Crippen LogP contribution in [0, 0.1) is 6.92 Å². The minimum Gasteiger partial charge on any atom is -0.497 e. The van der Waals surface area contributed by atoms with Crippen LogP contribution in [0.25, 0.3) is 0 Å². The number of benzene rings is 2. The van der Waals surface area contributed by atoms with E-state index in [1.165, 1.54) is 0 Å². The second-order valence-electron chi connectivity index (χ2n) is 6.28. The zero-order chi connectivity index (χ0) is 18.4. The Morgan fingerprint density at radius 1 is 1.12 bits per heavy atom. The third kappa shape index (κ3) is 4.55. The van der Waals surface area contributed by atoms with Crippen LogP contribution >= 0.6 is 10.3 Å². The summed E-state index contributed by atoms with van der Waals surface area (Å²) in [6.45, 7) is 4.07. The van der Waals surface area contributed by atoms with Gasteiger partial charge in [0.25, 0.3) is 0 Å². The Balaban J connectivity index is 2.38. The Morgan fingerprint density at radius 3 is 2.12 bits per heavy atom. The van der Waals surface area contributed by atoms with E-state index in [1.54, 1.807) is 7.11 Å². The molecule has 0 bridgehead atoms. The van der Waals surface area contributed by atoms with Crippen LogP contribution in [0.1, 0.15) is 31.7 Å². The molecular formula is C20H27NO3S. The molecule has 2 unspecified atom stereocenters. The minimum absolute atomic E-state index is 0.00273. The molecule has 0 aliphatic heterocycles. The van der Waals surface area contributed by atoms with E-state index >= 15 is 0 Å². The van der Waals surface area contributed by atoms with Crippen LogP contribution < -0.4 is 10.5 Å². The molecule has 1 amide bonds. The second-order valence-corrected chi connectivity index (χ2v) is 9.28. The summed E-state index contributed by atoms with van der Waals surface area (Å²) in [4.78, 5) is 12.8. The SMILES string of the molecule is COc1ccc(S(O)(c2ccc(C)cc2)C(C)CCCC(N)=O)cc1. The van der Waals surface area contributed by atoms with Gasteiger partial charge in [0, 0.05) is 21.5 Å². The lowest BCUT2D eigenvalue weighted by Gasteiger charge is -2.40. The highest BCUT2D eigenvalue weighted by molar-refractivity contribution is 8.29. The van der Waals surface area contributed by atoms with Gasteiger partial charge in [-0.2, -0.15) is 0 Å². The molecule has 2 rings (SSSR count). The Morgan fingerprint density at radius 2 is 1.64 bits per heavy atom. The number of hydrogen-bond acceptors (Lipinski definition) is 3. The first kappa shape index (κ1) is 19.3. The van der Waals surface area contributed by atoms with E-state index in [4.69, 9.17) is 10.5 Å². The fraction of sp³-hybridized carbons (Fsp3) is 0.350. The van der Waals surface area contributed by atoms with Crippen molar-refractivity contribution in [1.29, 1.82) is 0 Å². The van der Waals surface area contributed by atoms with E-state index in [1.807, 2.05) is 62.4 Å². The maximum absolute atomic E-state index is 11.8. The van der Waals surface area contributed by atoms with Gasteiger partial charge in [0.2, 0.25) is 5.91 Å². The molecule has 0 heterocycles. The standard InChI is InChI=1S/C20H27NO3S/c1-15-7-11-18(12-8-15)25(23,16(2)5-4-6-20(21)22)19-13-9-17(24-3)10-14-19/h7-14,16,23H,4-6H2,1-3H3,(H2,21,22). The number of ether oxygens (including phenoxy) is 1. The number of nitrogens with two attached hydrogens (primary N) is 1. The lowest BCUT2D eigenvalue weighted by molar-refractivity contribution is -0.118. The molecule has 2 aromatic carbocycles. The van der Waals surface area contributed by atoms with E-state index in [0.717, 1.165) is 27.5 Å². The maximum atomic E-state index is 11.8. The van der Waals surface area contributed by atoms with Crippen LogP contribution in [0.15, 0.2) is 58.3 Å². The topological polar surface area (TPSA) is 72.6 Å². The summed E-state index contributed by atoms with van der Waals surface area (Å²) in [6.07, 6.45) is 1.75. The van der Waals surface area contributed by atoms with Gasteiger partial charge in [-0.1, -0.05) is 34.9 Å². The summed E-state index contributed by atoms with van der Waals surface area (Å²) in [6, 6.07) is 15.6. The number of aryl methyl sites for hydroxylation is 1. The first-order valence-electron chi connectivity index (χ1n) is 8.41. The number of hydrogen-bond donors (Lipinski definition) is 2. The van der Waals surface area contributed by atoms with Gasteiger partial charge in [-0.25, -0.2) is 0 Å². The summed E-state index contributed by atoms with van der Waals surface area (Å²) in [7, 11) is -0.597. The van der Waals surface area contributed by atoms with Crippen molar-refractivity contribution in [1.82, 2.24) is 0 Å². The highest BCUT2D eigenvalue weighted by Gasteiger charge is 2.32. The van der Waals surface area contributed by atoms with Crippen LogP contribution in [0.4, 0.5) is 0 Å². The zero-order valence-corrected chi connectivity index (χ0v) is 15.9. The van der Waals surface area contributed by atoms with Crippen molar-refractivity contribution in [3.63, 3.8) is 0 Å². The smallest absolute Gasteiger partial charge is 0.217 e. The Labute approximate surface area is 151 Å². The van der Waals surface area contributed by atoms with Gasteiger partial charge >= 0.3 is 0 Å². The second kappa shape index (κ2) is 8.41. The average molecular weight is 362 g/mol. The monoisotopic (exact) mass is 361 g/mol. The Hall–Kier alpha value is -1.98. The van der Waals surface area contributed by atoms with Gasteiger partial charge in [0.05, 0.1) is 7.11 Å². The van der Waals surface area contributed by atoms with Crippen molar-refractivity contribution in [2.45, 2.75) is 48.2 Å². The normalized spacial score (nSPS) is 15.8. The summed E-state index contributed by atoms with van der Waals surface area (Å²) < 4.78 is 17.0. The molecule has 25 heavy (non-hydrogen) atoms. The van der Waals surface area contributed by atoms with Crippen molar-refractivity contribution in [2.24, 2.45) is 5.73 Å². The number of methoxy groups -OCH3 is 1. The molecule has 4 nitrogen and oxygen atoms in total. The number of carbonyl (C=O) groups excluding carboxylic acids is 1. The molecule has 0 saturated carbocycles. The van der Waals surface area contributed by atoms with Crippen molar-refractivity contribution < 1.29 is 14.1 Å². The lowest BCUT2D eigenvalue weighted by atomic mass is 10.2. The lowest BCUT2D eigenvalue weighted by Crippen LogP contribution is -2.17. The number of amides is 1. The molecule has 5 heteroatoms.